The zero-order valence-corrected chi connectivity index (χ0v) is 16.8. The Hall–Kier alpha value is -3.16. The van der Waals surface area contributed by atoms with Crippen LogP contribution in [0.3, 0.4) is 0 Å². The second-order valence-corrected chi connectivity index (χ2v) is 7.01. The molecule has 4 rings (SSSR count). The SMILES string of the molecule is CNCCNc1cccc2nc(CN(C)c3cccc4cccnc34)c(CO)n12. The molecule has 4 aromatic rings. The summed E-state index contributed by atoms with van der Waals surface area (Å²) in [7, 11) is 3.95. The first kappa shape index (κ1) is 19.2. The standard InChI is InChI=1S/C22H26N6O/c1-23-12-13-24-20-9-4-10-21-26-17(19(15-29)28(20)21)14-27(2)18-8-3-6-16-7-5-11-25-22(16)18/h3-11,23-24,29H,12-15H2,1-2H3. The highest BCUT2D eigenvalue weighted by molar-refractivity contribution is 5.90. The molecule has 29 heavy (non-hydrogen) atoms. The maximum absolute atomic E-state index is 10.1. The summed E-state index contributed by atoms with van der Waals surface area (Å²) in [6, 6.07) is 16.1. The van der Waals surface area contributed by atoms with Crippen molar-refractivity contribution >= 4 is 28.1 Å². The van der Waals surface area contributed by atoms with E-state index < -0.39 is 0 Å². The summed E-state index contributed by atoms with van der Waals surface area (Å²) in [6.45, 7) is 2.13. The zero-order valence-electron chi connectivity index (χ0n) is 16.8. The van der Waals surface area contributed by atoms with Crippen molar-refractivity contribution in [3.63, 3.8) is 0 Å². The van der Waals surface area contributed by atoms with Crippen LogP contribution < -0.4 is 15.5 Å². The average molecular weight is 390 g/mol. The quantitative estimate of drug-likeness (QED) is 0.402. The molecule has 0 unspecified atom stereocenters. The Morgan fingerprint density at radius 3 is 2.72 bits per heavy atom. The molecule has 3 aromatic heterocycles. The molecule has 3 heterocycles. The fraction of sp³-hybridized carbons (Fsp3) is 0.273. The number of para-hydroxylation sites is 1. The minimum atomic E-state index is -0.0805. The van der Waals surface area contributed by atoms with Gasteiger partial charge in [0.2, 0.25) is 0 Å². The van der Waals surface area contributed by atoms with Crippen molar-refractivity contribution in [3.05, 3.63) is 66.1 Å². The van der Waals surface area contributed by atoms with Gasteiger partial charge in [-0.05, 0) is 31.3 Å². The van der Waals surface area contributed by atoms with Crippen molar-refractivity contribution in [1.29, 1.82) is 0 Å². The minimum absolute atomic E-state index is 0.0805. The van der Waals surface area contributed by atoms with Gasteiger partial charge in [-0.15, -0.1) is 0 Å². The summed E-state index contributed by atoms with van der Waals surface area (Å²) in [5.41, 5.74) is 4.47. The Kier molecular flexibility index (Phi) is 5.59. The number of anilines is 2. The molecule has 0 aliphatic rings. The number of aliphatic hydroxyl groups is 1. The first-order valence-electron chi connectivity index (χ1n) is 9.76. The van der Waals surface area contributed by atoms with Gasteiger partial charge in [0.15, 0.2) is 0 Å². The van der Waals surface area contributed by atoms with Crippen LogP contribution in [-0.4, -0.2) is 46.7 Å². The van der Waals surface area contributed by atoms with E-state index in [-0.39, 0.29) is 6.61 Å². The van der Waals surface area contributed by atoms with E-state index in [1.54, 1.807) is 0 Å². The smallest absolute Gasteiger partial charge is 0.138 e. The molecular weight excluding hydrogens is 364 g/mol. The number of pyridine rings is 2. The van der Waals surface area contributed by atoms with Crippen molar-refractivity contribution in [1.82, 2.24) is 19.7 Å². The number of nitrogens with one attached hydrogen (secondary N) is 2. The number of benzene rings is 1. The van der Waals surface area contributed by atoms with E-state index >= 15 is 0 Å². The number of fused-ring (bicyclic) bond motifs is 2. The fourth-order valence-electron chi connectivity index (χ4n) is 3.65. The lowest BCUT2D eigenvalue weighted by Gasteiger charge is -2.20. The number of hydrogen-bond acceptors (Lipinski definition) is 6. The van der Waals surface area contributed by atoms with Gasteiger partial charge in [-0.1, -0.05) is 24.3 Å². The molecule has 0 aliphatic heterocycles. The lowest BCUT2D eigenvalue weighted by atomic mass is 10.1. The number of likely N-dealkylation sites (N-methyl/N-ethyl adjacent to an activating group) is 1. The van der Waals surface area contributed by atoms with Crippen molar-refractivity contribution in [2.45, 2.75) is 13.2 Å². The van der Waals surface area contributed by atoms with E-state index in [1.807, 2.05) is 55.0 Å². The molecule has 0 spiro atoms. The third kappa shape index (κ3) is 3.74. The highest BCUT2D eigenvalue weighted by Gasteiger charge is 2.17. The molecule has 0 aliphatic carbocycles. The maximum atomic E-state index is 10.1. The molecule has 0 fully saturated rings. The Morgan fingerprint density at radius 2 is 1.90 bits per heavy atom. The summed E-state index contributed by atoms with van der Waals surface area (Å²) >= 11 is 0. The van der Waals surface area contributed by atoms with Crippen LogP contribution in [0.2, 0.25) is 0 Å². The number of hydrogen-bond donors (Lipinski definition) is 3. The molecule has 0 amide bonds. The molecule has 0 atom stereocenters. The topological polar surface area (TPSA) is 77.7 Å². The van der Waals surface area contributed by atoms with Crippen LogP contribution in [0.1, 0.15) is 11.4 Å². The lowest BCUT2D eigenvalue weighted by Crippen LogP contribution is -2.20. The number of aromatic nitrogens is 3. The van der Waals surface area contributed by atoms with Crippen LogP contribution in [0.15, 0.2) is 54.7 Å². The second-order valence-electron chi connectivity index (χ2n) is 7.01. The molecular formula is C22H26N6O. The minimum Gasteiger partial charge on any atom is -0.390 e. The average Bonchev–Trinajstić information content (AvgIpc) is 3.11. The van der Waals surface area contributed by atoms with Crippen molar-refractivity contribution < 1.29 is 5.11 Å². The van der Waals surface area contributed by atoms with Crippen LogP contribution in [0.25, 0.3) is 16.6 Å². The molecule has 0 saturated carbocycles. The highest BCUT2D eigenvalue weighted by atomic mass is 16.3. The van der Waals surface area contributed by atoms with E-state index in [2.05, 4.69) is 38.7 Å². The molecule has 7 nitrogen and oxygen atoms in total. The van der Waals surface area contributed by atoms with Gasteiger partial charge < -0.3 is 20.6 Å². The van der Waals surface area contributed by atoms with E-state index in [1.165, 1.54) is 0 Å². The van der Waals surface area contributed by atoms with Gasteiger partial charge in [0.05, 0.1) is 35.7 Å². The zero-order chi connectivity index (χ0) is 20.2. The van der Waals surface area contributed by atoms with Gasteiger partial charge >= 0.3 is 0 Å². The van der Waals surface area contributed by atoms with E-state index in [4.69, 9.17) is 4.98 Å². The summed E-state index contributed by atoms with van der Waals surface area (Å²) in [5.74, 6) is 0.926. The Balaban J connectivity index is 1.69. The molecule has 0 radical (unpaired) electrons. The van der Waals surface area contributed by atoms with E-state index in [0.717, 1.165) is 52.5 Å². The second kappa shape index (κ2) is 8.46. The monoisotopic (exact) mass is 390 g/mol. The van der Waals surface area contributed by atoms with Crippen LogP contribution in [0, 0.1) is 0 Å². The van der Waals surface area contributed by atoms with Crippen LogP contribution >= 0.6 is 0 Å². The van der Waals surface area contributed by atoms with Gasteiger partial charge in [-0.3, -0.25) is 9.38 Å². The Labute approximate surface area is 170 Å². The summed E-state index contributed by atoms with van der Waals surface area (Å²) in [6.07, 6.45) is 1.81. The van der Waals surface area contributed by atoms with Crippen LogP contribution in [-0.2, 0) is 13.2 Å². The van der Waals surface area contributed by atoms with Crippen LogP contribution in [0.5, 0.6) is 0 Å². The highest BCUT2D eigenvalue weighted by Crippen LogP contribution is 2.26. The predicted octanol–water partition coefficient (Wildman–Crippen LogP) is 2.64. The summed E-state index contributed by atoms with van der Waals surface area (Å²) < 4.78 is 2.00. The summed E-state index contributed by atoms with van der Waals surface area (Å²) in [5, 5.41) is 17.8. The number of nitrogens with zero attached hydrogens (tertiary/aromatic N) is 4. The summed E-state index contributed by atoms with van der Waals surface area (Å²) in [4.78, 5) is 11.5. The third-order valence-electron chi connectivity index (χ3n) is 5.06. The van der Waals surface area contributed by atoms with Crippen molar-refractivity contribution in [2.24, 2.45) is 0 Å². The van der Waals surface area contributed by atoms with Gasteiger partial charge in [-0.2, -0.15) is 0 Å². The largest absolute Gasteiger partial charge is 0.390 e. The molecule has 7 heteroatoms. The van der Waals surface area contributed by atoms with Gasteiger partial charge in [0.25, 0.3) is 0 Å². The first-order chi connectivity index (χ1) is 14.2. The molecule has 150 valence electrons. The molecule has 1 aromatic carbocycles. The van der Waals surface area contributed by atoms with Gasteiger partial charge in [0, 0.05) is 31.7 Å². The Bertz CT molecular complexity index is 1120. The lowest BCUT2D eigenvalue weighted by molar-refractivity contribution is 0.274. The van der Waals surface area contributed by atoms with Gasteiger partial charge in [0.1, 0.15) is 11.5 Å². The number of aliphatic hydroxyl groups excluding tert-OH is 1. The predicted molar refractivity (Wildman–Crippen MR) is 117 cm³/mol. The fourth-order valence-corrected chi connectivity index (χ4v) is 3.65. The third-order valence-corrected chi connectivity index (χ3v) is 5.06. The molecule has 0 saturated heterocycles. The van der Waals surface area contributed by atoms with E-state index in [9.17, 15) is 5.11 Å². The Morgan fingerprint density at radius 1 is 1.07 bits per heavy atom. The van der Waals surface area contributed by atoms with Crippen LogP contribution in [0.4, 0.5) is 11.5 Å². The normalized spacial score (nSPS) is 11.3. The van der Waals surface area contributed by atoms with E-state index in [0.29, 0.717) is 6.54 Å². The molecule has 0 bridgehead atoms. The number of imidazole rings is 1. The first-order valence-corrected chi connectivity index (χ1v) is 9.76. The van der Waals surface area contributed by atoms with Crippen molar-refractivity contribution in [2.75, 3.05) is 37.4 Å². The van der Waals surface area contributed by atoms with Gasteiger partial charge in [-0.25, -0.2) is 4.98 Å². The maximum Gasteiger partial charge on any atom is 0.138 e. The number of rotatable bonds is 8. The molecule has 3 N–H and O–H groups in total. The van der Waals surface area contributed by atoms with Crippen molar-refractivity contribution in [3.8, 4) is 0 Å².